The van der Waals surface area contributed by atoms with Gasteiger partial charge in [0.25, 0.3) is 0 Å². The lowest BCUT2D eigenvalue weighted by atomic mass is 10.1. The number of nitrogens with two attached hydrogens (primary N) is 1. The molecule has 18 heavy (non-hydrogen) atoms. The predicted molar refractivity (Wildman–Crippen MR) is 78.4 cm³/mol. The van der Waals surface area contributed by atoms with Gasteiger partial charge in [-0.1, -0.05) is 39.7 Å². The maximum atomic E-state index is 6.06. The number of hydrogen-bond donors (Lipinski definition) is 1. The molecule has 0 radical (unpaired) electrons. The van der Waals surface area contributed by atoms with Crippen molar-refractivity contribution in [2.75, 3.05) is 6.54 Å². The molecule has 0 amide bonds. The average molecular weight is 327 g/mol. The van der Waals surface area contributed by atoms with Crippen molar-refractivity contribution in [1.82, 2.24) is 0 Å². The fraction of sp³-hybridized carbons (Fsp3) is 0.143. The van der Waals surface area contributed by atoms with Crippen molar-refractivity contribution in [2.45, 2.75) is 6.42 Å². The summed E-state index contributed by atoms with van der Waals surface area (Å²) in [5, 5.41) is 0.587. The average Bonchev–Trinajstić information content (AvgIpc) is 2.37. The molecule has 0 heterocycles. The van der Waals surface area contributed by atoms with Crippen LogP contribution in [0.2, 0.25) is 5.02 Å². The van der Waals surface area contributed by atoms with Crippen LogP contribution < -0.4 is 10.5 Å². The molecule has 0 spiro atoms. The van der Waals surface area contributed by atoms with E-state index in [1.807, 2.05) is 36.4 Å². The Morgan fingerprint density at radius 3 is 2.50 bits per heavy atom. The summed E-state index contributed by atoms with van der Waals surface area (Å²) in [7, 11) is 0. The minimum Gasteiger partial charge on any atom is -0.456 e. The van der Waals surface area contributed by atoms with E-state index in [2.05, 4.69) is 15.9 Å². The van der Waals surface area contributed by atoms with E-state index in [1.54, 1.807) is 6.07 Å². The summed E-state index contributed by atoms with van der Waals surface area (Å²) >= 11 is 9.45. The van der Waals surface area contributed by atoms with Crippen LogP contribution in [0.25, 0.3) is 0 Å². The first-order valence-corrected chi connectivity index (χ1v) is 6.78. The molecule has 0 fully saturated rings. The highest BCUT2D eigenvalue weighted by molar-refractivity contribution is 9.10. The van der Waals surface area contributed by atoms with Gasteiger partial charge in [0, 0.05) is 4.47 Å². The summed E-state index contributed by atoms with van der Waals surface area (Å²) in [5.41, 5.74) is 6.70. The van der Waals surface area contributed by atoms with Crippen LogP contribution in [-0.2, 0) is 6.42 Å². The van der Waals surface area contributed by atoms with Gasteiger partial charge >= 0.3 is 0 Å². The van der Waals surface area contributed by atoms with E-state index in [9.17, 15) is 0 Å². The van der Waals surface area contributed by atoms with Crippen molar-refractivity contribution in [3.63, 3.8) is 0 Å². The zero-order valence-electron chi connectivity index (χ0n) is 9.70. The molecule has 0 atom stereocenters. The molecule has 2 aromatic rings. The highest BCUT2D eigenvalue weighted by Crippen LogP contribution is 2.31. The van der Waals surface area contributed by atoms with Gasteiger partial charge in [-0.25, -0.2) is 0 Å². The lowest BCUT2D eigenvalue weighted by Gasteiger charge is -2.08. The molecule has 0 aliphatic carbocycles. The first-order chi connectivity index (χ1) is 8.69. The zero-order valence-corrected chi connectivity index (χ0v) is 12.0. The molecular formula is C14H13BrClNO. The normalized spacial score (nSPS) is 10.4. The fourth-order valence-corrected chi connectivity index (χ4v) is 2.07. The van der Waals surface area contributed by atoms with Gasteiger partial charge in [-0.3, -0.25) is 0 Å². The lowest BCUT2D eigenvalue weighted by molar-refractivity contribution is 0.482. The molecule has 2 N–H and O–H groups in total. The molecule has 0 saturated carbocycles. The molecule has 94 valence electrons. The van der Waals surface area contributed by atoms with Crippen LogP contribution in [0.5, 0.6) is 11.5 Å². The van der Waals surface area contributed by atoms with Gasteiger partial charge in [-0.15, -0.1) is 0 Å². The van der Waals surface area contributed by atoms with Crippen molar-refractivity contribution >= 4 is 27.5 Å². The van der Waals surface area contributed by atoms with Crippen LogP contribution in [-0.4, -0.2) is 6.54 Å². The van der Waals surface area contributed by atoms with Crippen molar-refractivity contribution in [3.8, 4) is 11.5 Å². The van der Waals surface area contributed by atoms with E-state index < -0.39 is 0 Å². The van der Waals surface area contributed by atoms with Crippen LogP contribution in [0.15, 0.2) is 46.9 Å². The SMILES string of the molecule is NCCc1ccc(Oc2cc(Br)ccc2Cl)cc1. The third-order valence-corrected chi connectivity index (χ3v) is 3.28. The van der Waals surface area contributed by atoms with Gasteiger partial charge in [0.05, 0.1) is 5.02 Å². The third-order valence-electron chi connectivity index (χ3n) is 2.48. The Balaban J connectivity index is 2.15. The van der Waals surface area contributed by atoms with E-state index in [-0.39, 0.29) is 0 Å². The summed E-state index contributed by atoms with van der Waals surface area (Å²) < 4.78 is 6.66. The Labute approximate surface area is 120 Å². The van der Waals surface area contributed by atoms with Gasteiger partial charge in [0.15, 0.2) is 0 Å². The number of ether oxygens (including phenoxy) is 1. The monoisotopic (exact) mass is 325 g/mol. The molecule has 0 saturated heterocycles. The first-order valence-electron chi connectivity index (χ1n) is 5.61. The Hall–Kier alpha value is -1.03. The minimum atomic E-state index is 0.587. The van der Waals surface area contributed by atoms with Crippen molar-refractivity contribution in [2.24, 2.45) is 5.73 Å². The van der Waals surface area contributed by atoms with Crippen LogP contribution in [0.3, 0.4) is 0 Å². The standard InChI is InChI=1S/C14H13BrClNO/c15-11-3-6-13(16)14(9-11)18-12-4-1-10(2-5-12)7-8-17/h1-6,9H,7-8,17H2. The number of hydrogen-bond acceptors (Lipinski definition) is 2. The highest BCUT2D eigenvalue weighted by Gasteiger charge is 2.04. The van der Waals surface area contributed by atoms with Crippen LogP contribution in [0, 0.1) is 0 Å². The van der Waals surface area contributed by atoms with E-state index in [0.29, 0.717) is 17.3 Å². The summed E-state index contributed by atoms with van der Waals surface area (Å²) in [5.74, 6) is 1.40. The van der Waals surface area contributed by atoms with Crippen molar-refractivity contribution in [1.29, 1.82) is 0 Å². The highest BCUT2D eigenvalue weighted by atomic mass is 79.9. The van der Waals surface area contributed by atoms with Gasteiger partial charge in [0.1, 0.15) is 11.5 Å². The van der Waals surface area contributed by atoms with E-state index >= 15 is 0 Å². The van der Waals surface area contributed by atoms with E-state index in [4.69, 9.17) is 22.1 Å². The molecular weight excluding hydrogens is 314 g/mol. The predicted octanol–water partition coefficient (Wildman–Crippen LogP) is 4.40. The van der Waals surface area contributed by atoms with Gasteiger partial charge in [-0.05, 0) is 48.9 Å². The fourth-order valence-electron chi connectivity index (χ4n) is 1.57. The van der Waals surface area contributed by atoms with Crippen LogP contribution in [0.4, 0.5) is 0 Å². The second-order valence-electron chi connectivity index (χ2n) is 3.86. The topological polar surface area (TPSA) is 35.2 Å². The van der Waals surface area contributed by atoms with Gasteiger partial charge in [0.2, 0.25) is 0 Å². The molecule has 0 aliphatic heterocycles. The molecule has 2 rings (SSSR count). The number of benzene rings is 2. The summed E-state index contributed by atoms with van der Waals surface area (Å²) in [6.45, 7) is 0.650. The Morgan fingerprint density at radius 2 is 1.83 bits per heavy atom. The Kier molecular flexibility index (Phi) is 4.64. The lowest BCUT2D eigenvalue weighted by Crippen LogP contribution is -2.02. The second-order valence-corrected chi connectivity index (χ2v) is 5.18. The Morgan fingerprint density at radius 1 is 1.11 bits per heavy atom. The first kappa shape index (κ1) is 13.4. The van der Waals surface area contributed by atoms with Crippen molar-refractivity contribution < 1.29 is 4.74 Å². The van der Waals surface area contributed by atoms with E-state index in [0.717, 1.165) is 16.6 Å². The summed E-state index contributed by atoms with van der Waals surface area (Å²) in [6.07, 6.45) is 0.873. The molecule has 2 aromatic carbocycles. The molecule has 2 nitrogen and oxygen atoms in total. The molecule has 0 bridgehead atoms. The summed E-state index contributed by atoms with van der Waals surface area (Å²) in [6, 6.07) is 13.4. The molecule has 0 aliphatic rings. The number of rotatable bonds is 4. The van der Waals surface area contributed by atoms with E-state index in [1.165, 1.54) is 5.56 Å². The molecule has 0 aromatic heterocycles. The molecule has 4 heteroatoms. The number of halogens is 2. The Bertz CT molecular complexity index is 528. The van der Waals surface area contributed by atoms with Crippen LogP contribution in [0.1, 0.15) is 5.56 Å². The van der Waals surface area contributed by atoms with Gasteiger partial charge < -0.3 is 10.5 Å². The smallest absolute Gasteiger partial charge is 0.147 e. The third kappa shape index (κ3) is 3.48. The molecule has 0 unspecified atom stereocenters. The zero-order chi connectivity index (χ0) is 13.0. The largest absolute Gasteiger partial charge is 0.456 e. The second kappa shape index (κ2) is 6.23. The quantitative estimate of drug-likeness (QED) is 0.904. The van der Waals surface area contributed by atoms with Gasteiger partial charge in [-0.2, -0.15) is 0 Å². The summed E-state index contributed by atoms with van der Waals surface area (Å²) in [4.78, 5) is 0. The maximum absolute atomic E-state index is 6.06. The minimum absolute atomic E-state index is 0.587. The maximum Gasteiger partial charge on any atom is 0.147 e. The van der Waals surface area contributed by atoms with Crippen LogP contribution >= 0.6 is 27.5 Å². The van der Waals surface area contributed by atoms with Crippen molar-refractivity contribution in [3.05, 3.63) is 57.5 Å².